The Kier molecular flexibility index (Phi) is 7.65. The van der Waals surface area contributed by atoms with Crippen LogP contribution in [0.15, 0.2) is 5.38 Å². The number of sulfonamides is 1. The summed E-state index contributed by atoms with van der Waals surface area (Å²) in [4.78, 5) is 15.8. The van der Waals surface area contributed by atoms with Gasteiger partial charge >= 0.3 is 12.1 Å². The van der Waals surface area contributed by atoms with E-state index in [2.05, 4.69) is 15.3 Å². The van der Waals surface area contributed by atoms with E-state index in [1.807, 2.05) is 6.92 Å². The first-order valence-corrected chi connectivity index (χ1v) is 11.5. The van der Waals surface area contributed by atoms with E-state index in [4.69, 9.17) is 14.6 Å². The molecule has 0 bridgehead atoms. The van der Waals surface area contributed by atoms with Gasteiger partial charge in [-0.2, -0.15) is 17.5 Å². The number of likely N-dealkylation sites (tertiary alicyclic amines) is 1. The Bertz CT molecular complexity index is 815. The van der Waals surface area contributed by atoms with Crippen molar-refractivity contribution in [1.82, 2.24) is 14.2 Å². The summed E-state index contributed by atoms with van der Waals surface area (Å²) in [7, 11) is -3.16. The number of nitrogens with zero attached hydrogens (tertiary/aromatic N) is 3. The molecule has 13 heteroatoms. The molecule has 166 valence electrons. The molecule has 29 heavy (non-hydrogen) atoms. The van der Waals surface area contributed by atoms with Crippen LogP contribution >= 0.6 is 11.3 Å². The third-order valence-electron chi connectivity index (χ3n) is 4.69. The number of ether oxygens (including phenoxy) is 1. The fourth-order valence-corrected chi connectivity index (χ4v) is 4.87. The van der Waals surface area contributed by atoms with Crippen molar-refractivity contribution in [3.05, 3.63) is 16.1 Å². The van der Waals surface area contributed by atoms with Crippen LogP contribution in [0.3, 0.4) is 0 Å². The van der Waals surface area contributed by atoms with Gasteiger partial charge in [0.05, 0.1) is 30.2 Å². The molecule has 2 aliphatic rings. The summed E-state index contributed by atoms with van der Waals surface area (Å²) in [5, 5.41) is 10.3. The van der Waals surface area contributed by atoms with Crippen molar-refractivity contribution < 1.29 is 36.2 Å². The molecule has 1 spiro atoms. The molecule has 2 aliphatic heterocycles. The van der Waals surface area contributed by atoms with E-state index in [-0.39, 0.29) is 5.41 Å². The van der Waals surface area contributed by atoms with Crippen LogP contribution in [0, 0.1) is 12.3 Å². The van der Waals surface area contributed by atoms with Crippen molar-refractivity contribution in [3.63, 3.8) is 0 Å². The van der Waals surface area contributed by atoms with E-state index in [1.165, 1.54) is 6.26 Å². The van der Waals surface area contributed by atoms with Crippen molar-refractivity contribution in [3.8, 4) is 0 Å². The van der Waals surface area contributed by atoms with Gasteiger partial charge in [0.2, 0.25) is 10.0 Å². The maximum absolute atomic E-state index is 11.9. The van der Waals surface area contributed by atoms with Crippen LogP contribution in [-0.2, 0) is 26.1 Å². The van der Waals surface area contributed by atoms with Gasteiger partial charge in [-0.1, -0.05) is 0 Å². The third-order valence-corrected chi connectivity index (χ3v) is 6.76. The highest BCUT2D eigenvalue weighted by Crippen LogP contribution is 2.34. The molecule has 1 atom stereocenters. The number of hydrogen-bond donors (Lipinski definition) is 1. The summed E-state index contributed by atoms with van der Waals surface area (Å²) in [6.45, 7) is 6.86. The molecule has 3 rings (SSSR count). The van der Waals surface area contributed by atoms with Crippen LogP contribution in [0.2, 0.25) is 0 Å². The molecule has 1 aromatic heterocycles. The van der Waals surface area contributed by atoms with E-state index >= 15 is 0 Å². The van der Waals surface area contributed by atoms with E-state index in [9.17, 15) is 21.6 Å². The molecule has 2 saturated heterocycles. The smallest absolute Gasteiger partial charge is 0.475 e. The van der Waals surface area contributed by atoms with Crippen molar-refractivity contribution in [2.45, 2.75) is 26.1 Å². The fourth-order valence-electron chi connectivity index (χ4n) is 3.36. The maximum Gasteiger partial charge on any atom is 0.490 e. The number of aryl methyl sites for hydroxylation is 1. The van der Waals surface area contributed by atoms with Gasteiger partial charge in [0.1, 0.15) is 0 Å². The average Bonchev–Trinajstić information content (AvgIpc) is 3.08. The predicted octanol–water partition coefficient (Wildman–Crippen LogP) is 1.57. The largest absolute Gasteiger partial charge is 0.490 e. The highest BCUT2D eigenvalue weighted by molar-refractivity contribution is 7.88. The average molecular weight is 460 g/mol. The van der Waals surface area contributed by atoms with Gasteiger partial charge < -0.3 is 9.84 Å². The SMILES string of the molecule is Cc1nc(CN2CCC3(COCCN(S(C)(=O)=O)C3)C2)cs1.O=C(O)C(F)(F)F. The lowest BCUT2D eigenvalue weighted by atomic mass is 9.88. The Morgan fingerprint density at radius 3 is 2.55 bits per heavy atom. The zero-order chi connectivity index (χ0) is 21.9. The predicted molar refractivity (Wildman–Crippen MR) is 100 cm³/mol. The molecule has 1 unspecified atom stereocenters. The lowest BCUT2D eigenvalue weighted by molar-refractivity contribution is -0.192. The number of thiazole rings is 1. The van der Waals surface area contributed by atoms with Crippen LogP contribution in [-0.4, -0.2) is 85.5 Å². The van der Waals surface area contributed by atoms with Crippen molar-refractivity contribution in [2.75, 3.05) is 45.6 Å². The Morgan fingerprint density at radius 2 is 2.03 bits per heavy atom. The number of carboxylic acids is 1. The van der Waals surface area contributed by atoms with Crippen LogP contribution in [0.4, 0.5) is 13.2 Å². The van der Waals surface area contributed by atoms with Gasteiger partial charge in [-0.3, -0.25) is 4.90 Å². The van der Waals surface area contributed by atoms with E-state index in [0.717, 1.165) is 36.8 Å². The Balaban J connectivity index is 0.000000370. The number of carbonyl (C=O) groups is 1. The summed E-state index contributed by atoms with van der Waals surface area (Å²) >= 11 is 1.67. The minimum absolute atomic E-state index is 0.0787. The molecule has 1 N–H and O–H groups in total. The Labute approximate surface area is 171 Å². The lowest BCUT2D eigenvalue weighted by Gasteiger charge is -2.30. The van der Waals surface area contributed by atoms with Crippen LogP contribution in [0.5, 0.6) is 0 Å². The molecule has 2 fully saturated rings. The number of aromatic nitrogens is 1. The molecular formula is C16H24F3N3O5S2. The van der Waals surface area contributed by atoms with Gasteiger partial charge in [-0.05, 0) is 19.9 Å². The molecule has 8 nitrogen and oxygen atoms in total. The second-order valence-corrected chi connectivity index (χ2v) is 10.3. The van der Waals surface area contributed by atoms with E-state index in [1.54, 1.807) is 15.6 Å². The number of rotatable bonds is 3. The molecule has 0 radical (unpaired) electrons. The van der Waals surface area contributed by atoms with Gasteiger partial charge in [-0.25, -0.2) is 18.2 Å². The van der Waals surface area contributed by atoms with E-state index in [0.29, 0.717) is 26.3 Å². The van der Waals surface area contributed by atoms with E-state index < -0.39 is 22.2 Å². The first-order valence-electron chi connectivity index (χ1n) is 8.77. The van der Waals surface area contributed by atoms with Gasteiger partial charge in [-0.15, -0.1) is 11.3 Å². The number of halogens is 3. The van der Waals surface area contributed by atoms with Crippen LogP contribution in [0.25, 0.3) is 0 Å². The van der Waals surface area contributed by atoms with Crippen molar-refractivity contribution in [2.24, 2.45) is 5.41 Å². The molecule has 0 aromatic carbocycles. The molecule has 0 amide bonds. The van der Waals surface area contributed by atoms with Crippen LogP contribution < -0.4 is 0 Å². The number of hydrogen-bond acceptors (Lipinski definition) is 7. The summed E-state index contributed by atoms with van der Waals surface area (Å²) in [6, 6.07) is 0. The highest BCUT2D eigenvalue weighted by atomic mass is 32.2. The summed E-state index contributed by atoms with van der Waals surface area (Å²) in [6.07, 6.45) is -2.82. The second kappa shape index (κ2) is 9.25. The highest BCUT2D eigenvalue weighted by Gasteiger charge is 2.43. The Morgan fingerprint density at radius 1 is 1.38 bits per heavy atom. The number of aliphatic carboxylic acids is 1. The van der Waals surface area contributed by atoms with Crippen molar-refractivity contribution >= 4 is 27.3 Å². The summed E-state index contributed by atoms with van der Waals surface area (Å²) in [5.74, 6) is -2.76. The lowest BCUT2D eigenvalue weighted by Crippen LogP contribution is -2.42. The van der Waals surface area contributed by atoms with Crippen molar-refractivity contribution in [1.29, 1.82) is 0 Å². The minimum atomic E-state index is -5.08. The zero-order valence-corrected chi connectivity index (χ0v) is 17.7. The van der Waals surface area contributed by atoms with Gasteiger partial charge in [0.15, 0.2) is 0 Å². The maximum atomic E-state index is 11.9. The van der Waals surface area contributed by atoms with Gasteiger partial charge in [0.25, 0.3) is 0 Å². The summed E-state index contributed by atoms with van der Waals surface area (Å²) in [5.41, 5.74) is 1.03. The van der Waals surface area contributed by atoms with Crippen LogP contribution in [0.1, 0.15) is 17.1 Å². The number of carboxylic acid groups (broad SMARTS) is 1. The summed E-state index contributed by atoms with van der Waals surface area (Å²) < 4.78 is 62.8. The molecule has 3 heterocycles. The first-order chi connectivity index (χ1) is 13.3. The second-order valence-electron chi connectivity index (χ2n) is 7.27. The molecule has 0 aliphatic carbocycles. The molecule has 1 aromatic rings. The molecule has 0 saturated carbocycles. The quantitative estimate of drug-likeness (QED) is 0.732. The minimum Gasteiger partial charge on any atom is -0.475 e. The topological polar surface area (TPSA) is 100 Å². The Hall–Kier alpha value is -1.28. The fraction of sp³-hybridized carbons (Fsp3) is 0.750. The third kappa shape index (κ3) is 7.17. The first kappa shape index (κ1) is 24.0. The molecular weight excluding hydrogens is 435 g/mol. The normalized spacial score (nSPS) is 24.2. The standard InChI is InChI=1S/C14H23N3O3S2.C2HF3O2/c1-12-15-13(8-21-12)7-16-4-3-14(9-16)10-17(22(2,18)19)5-6-20-11-14;3-2(4,5)1(6)7/h8H,3-7,9-11H2,1-2H3;(H,6,7). The van der Waals surface area contributed by atoms with Gasteiger partial charge in [0, 0.05) is 37.0 Å². The number of alkyl halides is 3. The zero-order valence-electron chi connectivity index (χ0n) is 16.1. The monoisotopic (exact) mass is 459 g/mol.